The average molecular weight is 323 g/mol. The van der Waals surface area contributed by atoms with Gasteiger partial charge in [-0.1, -0.05) is 29.3 Å². The Morgan fingerprint density at radius 3 is 2.67 bits per heavy atom. The highest BCUT2D eigenvalue weighted by Crippen LogP contribution is 2.31. The van der Waals surface area contributed by atoms with E-state index in [1.807, 2.05) is 0 Å². The van der Waals surface area contributed by atoms with Crippen LogP contribution in [-0.4, -0.2) is 21.9 Å². The minimum absolute atomic E-state index is 0.197. The van der Waals surface area contributed by atoms with Crippen molar-refractivity contribution in [2.75, 3.05) is 5.32 Å². The smallest absolute Gasteiger partial charge is 0.271 e. The van der Waals surface area contributed by atoms with E-state index < -0.39 is 0 Å². The van der Waals surface area contributed by atoms with Gasteiger partial charge in [0, 0.05) is 6.04 Å². The summed E-state index contributed by atoms with van der Waals surface area (Å²) >= 11 is 12.0. The number of aromatic nitrogens is 2. The van der Waals surface area contributed by atoms with Crippen molar-refractivity contribution in [1.29, 1.82) is 0 Å². The molecule has 1 aromatic carbocycles. The van der Waals surface area contributed by atoms with Crippen LogP contribution >= 0.6 is 23.2 Å². The standard InChI is InChI=1S/C14H12Cl2N4O/c15-9-2-1-3-10(13(9)16)20-12-7-17-11(6-18-12)14(21)19-8-4-5-8/h1-3,6-8H,4-5H2,(H,18,20)(H,19,21). The number of nitrogens with zero attached hydrogens (tertiary/aromatic N) is 2. The Kier molecular flexibility index (Phi) is 3.94. The van der Waals surface area contributed by atoms with Gasteiger partial charge in [-0.2, -0.15) is 0 Å². The van der Waals surface area contributed by atoms with Crippen molar-refractivity contribution < 1.29 is 4.79 Å². The lowest BCUT2D eigenvalue weighted by Crippen LogP contribution is -2.26. The van der Waals surface area contributed by atoms with E-state index in [1.165, 1.54) is 12.4 Å². The minimum atomic E-state index is -0.197. The summed E-state index contributed by atoms with van der Waals surface area (Å²) in [7, 11) is 0. The number of amides is 1. The zero-order valence-corrected chi connectivity index (χ0v) is 12.4. The molecule has 3 rings (SSSR count). The quantitative estimate of drug-likeness (QED) is 0.905. The van der Waals surface area contributed by atoms with Gasteiger partial charge in [-0.3, -0.25) is 4.79 Å². The molecule has 1 aromatic heterocycles. The molecule has 0 aliphatic heterocycles. The molecular formula is C14H12Cl2N4O. The molecule has 5 nitrogen and oxygen atoms in total. The van der Waals surface area contributed by atoms with Crippen LogP contribution in [0.4, 0.5) is 11.5 Å². The maximum atomic E-state index is 11.8. The third-order valence-corrected chi connectivity index (χ3v) is 3.83. The number of rotatable bonds is 4. The Morgan fingerprint density at radius 2 is 2.00 bits per heavy atom. The Morgan fingerprint density at radius 1 is 1.19 bits per heavy atom. The number of benzene rings is 1. The van der Waals surface area contributed by atoms with Crippen molar-refractivity contribution in [2.24, 2.45) is 0 Å². The van der Waals surface area contributed by atoms with Gasteiger partial charge in [0.1, 0.15) is 11.5 Å². The molecule has 0 atom stereocenters. The van der Waals surface area contributed by atoms with Crippen LogP contribution in [0.2, 0.25) is 10.0 Å². The second-order valence-electron chi connectivity index (χ2n) is 4.76. The van der Waals surface area contributed by atoms with Gasteiger partial charge in [-0.05, 0) is 25.0 Å². The number of carbonyl (C=O) groups excluding carboxylic acids is 1. The summed E-state index contributed by atoms with van der Waals surface area (Å²) in [6, 6.07) is 5.55. The maximum Gasteiger partial charge on any atom is 0.271 e. The molecule has 0 unspecified atom stereocenters. The Hall–Kier alpha value is -1.85. The fourth-order valence-corrected chi connectivity index (χ4v) is 2.08. The number of hydrogen-bond acceptors (Lipinski definition) is 4. The van der Waals surface area contributed by atoms with Gasteiger partial charge in [0.25, 0.3) is 5.91 Å². The van der Waals surface area contributed by atoms with Crippen LogP contribution in [-0.2, 0) is 0 Å². The molecule has 2 N–H and O–H groups in total. The molecule has 1 aliphatic carbocycles. The average Bonchev–Trinajstić information content (AvgIpc) is 3.28. The van der Waals surface area contributed by atoms with E-state index in [0.717, 1.165) is 12.8 Å². The zero-order valence-electron chi connectivity index (χ0n) is 10.9. The van der Waals surface area contributed by atoms with Crippen LogP contribution in [0.25, 0.3) is 0 Å². The number of hydrogen-bond donors (Lipinski definition) is 2. The summed E-state index contributed by atoms with van der Waals surface area (Å²) in [6.07, 6.45) is 4.98. The SMILES string of the molecule is O=C(NC1CC1)c1cnc(Nc2cccc(Cl)c2Cl)cn1. The lowest BCUT2D eigenvalue weighted by molar-refractivity contribution is 0.0945. The summed E-state index contributed by atoms with van der Waals surface area (Å²) < 4.78 is 0. The van der Waals surface area contributed by atoms with E-state index in [9.17, 15) is 4.79 Å². The highest BCUT2D eigenvalue weighted by molar-refractivity contribution is 6.43. The molecule has 108 valence electrons. The van der Waals surface area contributed by atoms with Crippen molar-refractivity contribution in [3.63, 3.8) is 0 Å². The monoisotopic (exact) mass is 322 g/mol. The van der Waals surface area contributed by atoms with Gasteiger partial charge in [-0.15, -0.1) is 0 Å². The first-order valence-corrected chi connectivity index (χ1v) is 7.23. The summed E-state index contributed by atoms with van der Waals surface area (Å²) in [5.41, 5.74) is 0.929. The van der Waals surface area contributed by atoms with Crippen LogP contribution in [0.5, 0.6) is 0 Å². The molecule has 1 saturated carbocycles. The fraction of sp³-hybridized carbons (Fsp3) is 0.214. The van der Waals surface area contributed by atoms with Crippen molar-refractivity contribution in [3.05, 3.63) is 46.3 Å². The highest BCUT2D eigenvalue weighted by atomic mass is 35.5. The fourth-order valence-electron chi connectivity index (χ4n) is 1.74. The maximum absolute atomic E-state index is 11.8. The van der Waals surface area contributed by atoms with Gasteiger partial charge in [-0.25, -0.2) is 9.97 Å². The van der Waals surface area contributed by atoms with Crippen LogP contribution in [0.15, 0.2) is 30.6 Å². The summed E-state index contributed by atoms with van der Waals surface area (Å²) in [4.78, 5) is 20.0. The van der Waals surface area contributed by atoms with Gasteiger partial charge in [0.15, 0.2) is 0 Å². The van der Waals surface area contributed by atoms with Crippen molar-refractivity contribution in [1.82, 2.24) is 15.3 Å². The Balaban J connectivity index is 1.71. The summed E-state index contributed by atoms with van der Waals surface area (Å²) in [5.74, 6) is 0.291. The second kappa shape index (κ2) is 5.87. The van der Waals surface area contributed by atoms with E-state index >= 15 is 0 Å². The Labute approximate surface area is 131 Å². The molecule has 7 heteroatoms. The van der Waals surface area contributed by atoms with Gasteiger partial charge < -0.3 is 10.6 Å². The van der Waals surface area contributed by atoms with E-state index in [2.05, 4.69) is 20.6 Å². The first kappa shape index (κ1) is 14.1. The molecule has 1 aliphatic rings. The van der Waals surface area contributed by atoms with Crippen LogP contribution in [0.3, 0.4) is 0 Å². The predicted molar refractivity (Wildman–Crippen MR) is 82.3 cm³/mol. The largest absolute Gasteiger partial charge is 0.348 e. The highest BCUT2D eigenvalue weighted by Gasteiger charge is 2.24. The first-order valence-electron chi connectivity index (χ1n) is 6.47. The van der Waals surface area contributed by atoms with E-state index in [-0.39, 0.29) is 5.91 Å². The molecule has 1 fully saturated rings. The summed E-state index contributed by atoms with van der Waals surface area (Å²) in [6.45, 7) is 0. The molecule has 0 spiro atoms. The normalized spacial score (nSPS) is 13.8. The van der Waals surface area contributed by atoms with Crippen LogP contribution in [0, 0.1) is 0 Å². The van der Waals surface area contributed by atoms with Crippen LogP contribution < -0.4 is 10.6 Å². The number of carbonyl (C=O) groups is 1. The molecule has 0 bridgehead atoms. The molecule has 1 heterocycles. The molecule has 21 heavy (non-hydrogen) atoms. The zero-order chi connectivity index (χ0) is 14.8. The van der Waals surface area contributed by atoms with E-state index in [4.69, 9.17) is 23.2 Å². The van der Waals surface area contributed by atoms with Crippen molar-refractivity contribution >= 4 is 40.6 Å². The predicted octanol–water partition coefficient (Wildman–Crippen LogP) is 3.42. The number of anilines is 2. The van der Waals surface area contributed by atoms with E-state index in [0.29, 0.717) is 33.3 Å². The lowest BCUT2D eigenvalue weighted by Gasteiger charge is -2.08. The molecular weight excluding hydrogens is 311 g/mol. The third-order valence-electron chi connectivity index (χ3n) is 3.01. The number of halogens is 2. The van der Waals surface area contributed by atoms with Gasteiger partial charge in [0.05, 0.1) is 28.1 Å². The minimum Gasteiger partial charge on any atom is -0.348 e. The van der Waals surface area contributed by atoms with Crippen molar-refractivity contribution in [2.45, 2.75) is 18.9 Å². The van der Waals surface area contributed by atoms with E-state index in [1.54, 1.807) is 18.2 Å². The first-order chi connectivity index (χ1) is 10.1. The Bertz CT molecular complexity index is 671. The van der Waals surface area contributed by atoms with Gasteiger partial charge in [0.2, 0.25) is 0 Å². The summed E-state index contributed by atoms with van der Waals surface area (Å²) in [5, 5.41) is 6.73. The lowest BCUT2D eigenvalue weighted by atomic mass is 10.3. The van der Waals surface area contributed by atoms with Gasteiger partial charge >= 0.3 is 0 Å². The molecule has 0 radical (unpaired) electrons. The molecule has 0 saturated heterocycles. The topological polar surface area (TPSA) is 66.9 Å². The second-order valence-corrected chi connectivity index (χ2v) is 5.55. The molecule has 2 aromatic rings. The van der Waals surface area contributed by atoms with Crippen molar-refractivity contribution in [3.8, 4) is 0 Å². The van der Waals surface area contributed by atoms with Crippen LogP contribution in [0.1, 0.15) is 23.3 Å². The molecule has 1 amide bonds. The number of nitrogens with one attached hydrogen (secondary N) is 2. The third kappa shape index (κ3) is 3.43.